The Hall–Kier alpha value is -0.320. The zero-order chi connectivity index (χ0) is 10.5. The van der Waals surface area contributed by atoms with Crippen molar-refractivity contribution >= 4 is 0 Å². The van der Waals surface area contributed by atoms with Crippen LogP contribution in [-0.4, -0.2) is 23.1 Å². The van der Waals surface area contributed by atoms with Crippen molar-refractivity contribution in [3.8, 4) is 0 Å². The number of hydrogen-bond acceptors (Lipinski definition) is 1. The highest BCUT2D eigenvalue weighted by molar-refractivity contribution is 5.05. The third kappa shape index (κ3) is 1.54. The van der Waals surface area contributed by atoms with Crippen LogP contribution >= 0.6 is 0 Å². The minimum absolute atomic E-state index is 0.849. The number of alkyl halides is 4. The molecule has 0 aromatic carbocycles. The molecule has 1 aliphatic rings. The summed E-state index contributed by atoms with van der Waals surface area (Å²) < 4.78 is 51.1. The molecule has 0 heterocycles. The van der Waals surface area contributed by atoms with Crippen LogP contribution in [0.3, 0.4) is 0 Å². The molecule has 5 heteroatoms. The highest BCUT2D eigenvalue weighted by Crippen LogP contribution is 2.59. The quantitative estimate of drug-likeness (QED) is 0.679. The maximum absolute atomic E-state index is 13.1. The Morgan fingerprint density at radius 2 is 1.69 bits per heavy atom. The van der Waals surface area contributed by atoms with Gasteiger partial charge in [-0.3, -0.25) is 0 Å². The molecule has 1 fully saturated rings. The van der Waals surface area contributed by atoms with E-state index in [2.05, 4.69) is 0 Å². The molecule has 1 nitrogen and oxygen atoms in total. The first-order valence-corrected chi connectivity index (χ1v) is 4.04. The average Bonchev–Trinajstić information content (AvgIpc) is 1.81. The number of aliphatic hydroxyl groups excluding tert-OH is 1. The first-order valence-electron chi connectivity index (χ1n) is 4.04. The number of rotatable bonds is 2. The van der Waals surface area contributed by atoms with E-state index in [4.69, 9.17) is 5.11 Å². The van der Waals surface area contributed by atoms with Gasteiger partial charge in [-0.1, -0.05) is 6.92 Å². The third-order valence-electron chi connectivity index (χ3n) is 2.63. The Labute approximate surface area is 73.7 Å². The molecule has 0 amide bonds. The minimum Gasteiger partial charge on any atom is -0.387 e. The van der Waals surface area contributed by atoms with Gasteiger partial charge in [-0.2, -0.15) is 0 Å². The van der Waals surface area contributed by atoms with Gasteiger partial charge in [0.1, 0.15) is 6.10 Å². The van der Waals surface area contributed by atoms with Gasteiger partial charge in [-0.25, -0.2) is 17.6 Å². The largest absolute Gasteiger partial charge is 0.387 e. The van der Waals surface area contributed by atoms with Gasteiger partial charge < -0.3 is 5.11 Å². The molecule has 0 aromatic rings. The van der Waals surface area contributed by atoms with Crippen LogP contribution in [0.25, 0.3) is 0 Å². The van der Waals surface area contributed by atoms with Crippen LogP contribution in [0.4, 0.5) is 17.6 Å². The molecule has 0 saturated heterocycles. The smallest absolute Gasteiger partial charge is 0.278 e. The molecular weight excluding hydrogens is 188 g/mol. The highest BCUT2D eigenvalue weighted by Gasteiger charge is 2.66. The van der Waals surface area contributed by atoms with E-state index in [0.717, 1.165) is 13.8 Å². The van der Waals surface area contributed by atoms with Crippen molar-refractivity contribution in [3.05, 3.63) is 0 Å². The van der Waals surface area contributed by atoms with Crippen molar-refractivity contribution in [1.82, 2.24) is 0 Å². The van der Waals surface area contributed by atoms with E-state index in [9.17, 15) is 17.6 Å². The molecule has 0 radical (unpaired) electrons. The summed E-state index contributed by atoms with van der Waals surface area (Å²) in [4.78, 5) is 0. The van der Waals surface area contributed by atoms with Crippen LogP contribution in [0, 0.1) is 5.41 Å². The highest BCUT2D eigenvalue weighted by atomic mass is 19.3. The van der Waals surface area contributed by atoms with E-state index in [0.29, 0.717) is 0 Å². The molecular formula is C8H12F4O. The van der Waals surface area contributed by atoms with E-state index in [1.54, 1.807) is 0 Å². The van der Waals surface area contributed by atoms with Gasteiger partial charge in [-0.15, -0.1) is 0 Å². The van der Waals surface area contributed by atoms with Crippen molar-refractivity contribution in [3.63, 3.8) is 0 Å². The van der Waals surface area contributed by atoms with E-state index < -0.39 is 36.2 Å². The van der Waals surface area contributed by atoms with Crippen molar-refractivity contribution in [2.24, 2.45) is 5.41 Å². The van der Waals surface area contributed by atoms with Gasteiger partial charge in [-0.05, 0) is 6.92 Å². The monoisotopic (exact) mass is 200 g/mol. The maximum atomic E-state index is 13.1. The Morgan fingerprint density at radius 1 is 1.31 bits per heavy atom. The summed E-state index contributed by atoms with van der Waals surface area (Å²) in [6, 6.07) is 0. The fourth-order valence-electron chi connectivity index (χ4n) is 1.83. The summed E-state index contributed by atoms with van der Waals surface area (Å²) in [6.07, 6.45) is -3.58. The molecule has 1 rings (SSSR count). The zero-order valence-corrected chi connectivity index (χ0v) is 7.45. The summed E-state index contributed by atoms with van der Waals surface area (Å²) in [5, 5.41) is 8.76. The number of halogens is 4. The van der Waals surface area contributed by atoms with Gasteiger partial charge in [0, 0.05) is 18.3 Å². The molecule has 1 unspecified atom stereocenters. The summed E-state index contributed by atoms with van der Waals surface area (Å²) in [7, 11) is 0. The summed E-state index contributed by atoms with van der Waals surface area (Å²) >= 11 is 0. The molecule has 1 aliphatic carbocycles. The first-order chi connectivity index (χ1) is 5.61. The van der Waals surface area contributed by atoms with Crippen LogP contribution in [0.5, 0.6) is 0 Å². The normalized spacial score (nSPS) is 27.9. The third-order valence-corrected chi connectivity index (χ3v) is 2.63. The van der Waals surface area contributed by atoms with Crippen molar-refractivity contribution in [2.75, 3.05) is 0 Å². The lowest BCUT2D eigenvalue weighted by Gasteiger charge is -2.49. The van der Waals surface area contributed by atoms with Crippen LogP contribution in [0.15, 0.2) is 0 Å². The lowest BCUT2D eigenvalue weighted by Crippen LogP contribution is -2.58. The maximum Gasteiger partial charge on any atom is 0.278 e. The van der Waals surface area contributed by atoms with Gasteiger partial charge in [0.25, 0.3) is 5.92 Å². The van der Waals surface area contributed by atoms with E-state index in [-0.39, 0.29) is 0 Å². The fourth-order valence-corrected chi connectivity index (χ4v) is 1.83. The topological polar surface area (TPSA) is 20.2 Å². The lowest BCUT2D eigenvalue weighted by molar-refractivity contribution is -0.274. The molecule has 0 aromatic heterocycles. The molecule has 0 bridgehead atoms. The molecule has 1 saturated carbocycles. The molecule has 1 N–H and O–H groups in total. The molecule has 0 spiro atoms. The fraction of sp³-hybridized carbons (Fsp3) is 1.00. The van der Waals surface area contributed by atoms with Crippen molar-refractivity contribution in [1.29, 1.82) is 0 Å². The molecule has 78 valence electrons. The minimum atomic E-state index is -3.44. The Bertz CT molecular complexity index is 204. The van der Waals surface area contributed by atoms with Gasteiger partial charge in [0.2, 0.25) is 5.92 Å². The standard InChI is InChI=1S/C8H12F4O/c1-5(13)8(11,12)6(2)3-7(9,10)4-6/h5,13H,3-4H2,1-2H3. The van der Waals surface area contributed by atoms with Crippen LogP contribution in [0.1, 0.15) is 26.7 Å². The second kappa shape index (κ2) is 2.59. The zero-order valence-electron chi connectivity index (χ0n) is 7.45. The van der Waals surface area contributed by atoms with E-state index in [1.165, 1.54) is 0 Å². The van der Waals surface area contributed by atoms with Gasteiger partial charge in [0.05, 0.1) is 0 Å². The predicted octanol–water partition coefficient (Wildman–Crippen LogP) is 2.44. The number of aliphatic hydroxyl groups is 1. The SMILES string of the molecule is CC(O)C(F)(F)C1(C)CC(F)(F)C1. The second-order valence-corrected chi connectivity index (χ2v) is 4.07. The second-order valence-electron chi connectivity index (χ2n) is 4.07. The first kappa shape index (κ1) is 10.8. The Morgan fingerprint density at radius 3 is 1.92 bits per heavy atom. The Kier molecular flexibility index (Phi) is 2.14. The van der Waals surface area contributed by atoms with Crippen LogP contribution in [0.2, 0.25) is 0 Å². The Balaban J connectivity index is 2.74. The predicted molar refractivity (Wildman–Crippen MR) is 38.9 cm³/mol. The molecule has 0 aliphatic heterocycles. The van der Waals surface area contributed by atoms with Crippen molar-refractivity contribution < 1.29 is 22.7 Å². The van der Waals surface area contributed by atoms with Gasteiger partial charge >= 0.3 is 0 Å². The average molecular weight is 200 g/mol. The summed E-state index contributed by atoms with van der Waals surface area (Å²) in [6.45, 7) is 2.00. The summed E-state index contributed by atoms with van der Waals surface area (Å²) in [5.74, 6) is -6.43. The van der Waals surface area contributed by atoms with Crippen LogP contribution in [-0.2, 0) is 0 Å². The van der Waals surface area contributed by atoms with Gasteiger partial charge in [0.15, 0.2) is 0 Å². The van der Waals surface area contributed by atoms with E-state index >= 15 is 0 Å². The summed E-state index contributed by atoms with van der Waals surface area (Å²) in [5.41, 5.74) is -1.76. The molecule has 1 atom stereocenters. The molecule has 13 heavy (non-hydrogen) atoms. The van der Waals surface area contributed by atoms with Crippen LogP contribution < -0.4 is 0 Å². The lowest BCUT2D eigenvalue weighted by atomic mass is 9.62. The van der Waals surface area contributed by atoms with Crippen molar-refractivity contribution in [2.45, 2.75) is 44.6 Å². The van der Waals surface area contributed by atoms with E-state index in [1.807, 2.05) is 0 Å². The number of hydrogen-bond donors (Lipinski definition) is 1.